The Kier molecular flexibility index (Phi) is 6.02. The molecule has 0 radical (unpaired) electrons. The minimum atomic E-state index is 0.448. The second-order valence-corrected chi connectivity index (χ2v) is 4.70. The van der Waals surface area contributed by atoms with E-state index >= 15 is 0 Å². The summed E-state index contributed by atoms with van der Waals surface area (Å²) in [6, 6.07) is 20.0. The van der Waals surface area contributed by atoms with E-state index in [1.807, 2.05) is 60.7 Å². The summed E-state index contributed by atoms with van der Waals surface area (Å²) in [6.45, 7) is 0.640. The van der Waals surface area contributed by atoms with Crippen LogP contribution in [0.15, 0.2) is 66.9 Å². The van der Waals surface area contributed by atoms with Gasteiger partial charge in [-0.3, -0.25) is 0 Å². The Morgan fingerprint density at radius 3 is 1.91 bits per heavy atom. The van der Waals surface area contributed by atoms with Crippen LogP contribution in [0.5, 0.6) is 0 Å². The van der Waals surface area contributed by atoms with Gasteiger partial charge in [-0.05, 0) is 16.3 Å². The van der Waals surface area contributed by atoms with E-state index in [0.29, 0.717) is 12.4 Å². The zero-order valence-corrected chi connectivity index (χ0v) is 12.3. The second-order valence-electron chi connectivity index (χ2n) is 4.70. The summed E-state index contributed by atoms with van der Waals surface area (Å²) >= 11 is 0. The van der Waals surface area contributed by atoms with Crippen LogP contribution in [-0.4, -0.2) is 15.4 Å². The maximum absolute atomic E-state index is 5.65. The molecule has 0 amide bonds. The van der Waals surface area contributed by atoms with Crippen LogP contribution in [0.3, 0.4) is 0 Å². The van der Waals surface area contributed by atoms with E-state index in [0.717, 1.165) is 12.0 Å². The van der Waals surface area contributed by atoms with Crippen LogP contribution >= 0.6 is 0 Å². The molecule has 0 spiro atoms. The SMILES string of the molecule is NCc1ccccc1.Nc1nnncc1Cc1ccccc1. The number of nitrogen functional groups attached to an aromatic ring is 1. The maximum atomic E-state index is 5.65. The predicted octanol–water partition coefficient (Wildman–Crippen LogP) is 2.19. The number of hydrogen-bond acceptors (Lipinski definition) is 5. The summed E-state index contributed by atoms with van der Waals surface area (Å²) in [4.78, 5) is 0. The summed E-state index contributed by atoms with van der Waals surface area (Å²) in [5.74, 6) is 0.448. The molecule has 3 rings (SSSR count). The van der Waals surface area contributed by atoms with Crippen molar-refractivity contribution < 1.29 is 0 Å². The lowest BCUT2D eigenvalue weighted by molar-refractivity contribution is 0.854. The number of hydrogen-bond donors (Lipinski definition) is 2. The van der Waals surface area contributed by atoms with E-state index < -0.39 is 0 Å². The summed E-state index contributed by atoms with van der Waals surface area (Å²) < 4.78 is 0. The average molecular weight is 293 g/mol. The topological polar surface area (TPSA) is 90.7 Å². The largest absolute Gasteiger partial charge is 0.382 e. The summed E-state index contributed by atoms with van der Waals surface area (Å²) in [7, 11) is 0. The van der Waals surface area contributed by atoms with Gasteiger partial charge in [-0.15, -0.1) is 10.2 Å². The normalized spacial score (nSPS) is 9.68. The van der Waals surface area contributed by atoms with E-state index in [-0.39, 0.29) is 0 Å². The average Bonchev–Trinajstić information content (AvgIpc) is 2.59. The highest BCUT2D eigenvalue weighted by Gasteiger charge is 2.01. The van der Waals surface area contributed by atoms with Crippen LogP contribution < -0.4 is 11.5 Å². The third-order valence-corrected chi connectivity index (χ3v) is 3.06. The zero-order valence-electron chi connectivity index (χ0n) is 12.3. The molecule has 0 atom stereocenters. The van der Waals surface area contributed by atoms with Crippen molar-refractivity contribution >= 4 is 5.82 Å². The molecule has 112 valence electrons. The Balaban J connectivity index is 0.000000188. The first-order chi connectivity index (χ1) is 10.8. The first kappa shape index (κ1) is 15.6. The van der Waals surface area contributed by atoms with Crippen molar-refractivity contribution in [1.82, 2.24) is 15.4 Å². The van der Waals surface area contributed by atoms with Gasteiger partial charge in [0.25, 0.3) is 0 Å². The Labute approximate surface area is 130 Å². The van der Waals surface area contributed by atoms with Crippen molar-refractivity contribution in [3.63, 3.8) is 0 Å². The lowest BCUT2D eigenvalue weighted by atomic mass is 10.1. The molecule has 0 saturated carbocycles. The van der Waals surface area contributed by atoms with Crippen molar-refractivity contribution in [2.24, 2.45) is 5.73 Å². The molecule has 0 unspecified atom stereocenters. The fourth-order valence-corrected chi connectivity index (χ4v) is 1.87. The van der Waals surface area contributed by atoms with Crippen LogP contribution in [0.1, 0.15) is 16.7 Å². The number of aromatic nitrogens is 3. The number of anilines is 1. The Hall–Kier alpha value is -2.79. The van der Waals surface area contributed by atoms with Crippen molar-refractivity contribution in [1.29, 1.82) is 0 Å². The second kappa shape index (κ2) is 8.49. The molecule has 0 saturated heterocycles. The van der Waals surface area contributed by atoms with Gasteiger partial charge in [0.2, 0.25) is 0 Å². The Morgan fingerprint density at radius 1 is 0.818 bits per heavy atom. The van der Waals surface area contributed by atoms with Gasteiger partial charge in [0.15, 0.2) is 5.82 Å². The first-order valence-corrected chi connectivity index (χ1v) is 7.00. The highest BCUT2D eigenvalue weighted by atomic mass is 15.3. The Morgan fingerprint density at radius 2 is 1.41 bits per heavy atom. The lowest BCUT2D eigenvalue weighted by Crippen LogP contribution is -2.01. The van der Waals surface area contributed by atoms with E-state index in [9.17, 15) is 0 Å². The lowest BCUT2D eigenvalue weighted by Gasteiger charge is -2.01. The maximum Gasteiger partial charge on any atom is 0.153 e. The van der Waals surface area contributed by atoms with Gasteiger partial charge in [0.05, 0.1) is 6.20 Å². The van der Waals surface area contributed by atoms with E-state index in [1.165, 1.54) is 11.1 Å². The van der Waals surface area contributed by atoms with Gasteiger partial charge in [-0.1, -0.05) is 60.7 Å². The molecule has 3 aromatic rings. The van der Waals surface area contributed by atoms with Gasteiger partial charge in [0.1, 0.15) is 0 Å². The summed E-state index contributed by atoms with van der Waals surface area (Å²) in [5.41, 5.74) is 14.3. The smallest absolute Gasteiger partial charge is 0.153 e. The minimum absolute atomic E-state index is 0.448. The monoisotopic (exact) mass is 293 g/mol. The summed E-state index contributed by atoms with van der Waals surface area (Å²) in [6.07, 6.45) is 2.39. The van der Waals surface area contributed by atoms with Crippen LogP contribution in [0.4, 0.5) is 5.82 Å². The van der Waals surface area contributed by atoms with Crippen molar-refractivity contribution in [2.75, 3.05) is 5.73 Å². The number of nitrogens with two attached hydrogens (primary N) is 2. The molecule has 2 aromatic carbocycles. The molecular weight excluding hydrogens is 274 g/mol. The van der Waals surface area contributed by atoms with Gasteiger partial charge in [0, 0.05) is 18.5 Å². The van der Waals surface area contributed by atoms with Crippen molar-refractivity contribution in [2.45, 2.75) is 13.0 Å². The van der Waals surface area contributed by atoms with E-state index in [4.69, 9.17) is 11.5 Å². The number of nitrogens with zero attached hydrogens (tertiary/aromatic N) is 3. The van der Waals surface area contributed by atoms with Gasteiger partial charge in [-0.25, -0.2) is 0 Å². The van der Waals surface area contributed by atoms with Crippen LogP contribution in [-0.2, 0) is 13.0 Å². The molecule has 1 aromatic heterocycles. The van der Waals surface area contributed by atoms with Crippen LogP contribution in [0.25, 0.3) is 0 Å². The third-order valence-electron chi connectivity index (χ3n) is 3.06. The summed E-state index contributed by atoms with van der Waals surface area (Å²) in [5, 5.41) is 10.9. The molecule has 22 heavy (non-hydrogen) atoms. The molecule has 4 N–H and O–H groups in total. The number of rotatable bonds is 3. The van der Waals surface area contributed by atoms with Crippen molar-refractivity contribution in [3.05, 3.63) is 83.6 Å². The highest BCUT2D eigenvalue weighted by molar-refractivity contribution is 5.39. The van der Waals surface area contributed by atoms with Gasteiger partial charge >= 0.3 is 0 Å². The standard InChI is InChI=1S/C10H10N4.C7H9N/c11-10-9(7-12-14-13-10)6-8-4-2-1-3-5-8;8-6-7-4-2-1-3-5-7/h1-5,7H,6H2,(H2,11,12,13);1-5H,6,8H2. The van der Waals surface area contributed by atoms with Crippen LogP contribution in [0, 0.1) is 0 Å². The fourth-order valence-electron chi connectivity index (χ4n) is 1.87. The van der Waals surface area contributed by atoms with E-state index in [2.05, 4.69) is 15.4 Å². The minimum Gasteiger partial charge on any atom is -0.382 e. The molecule has 0 aliphatic rings. The molecular formula is C17H19N5. The molecule has 5 nitrogen and oxygen atoms in total. The third kappa shape index (κ3) is 4.96. The van der Waals surface area contributed by atoms with E-state index in [1.54, 1.807) is 6.20 Å². The first-order valence-electron chi connectivity index (χ1n) is 7.00. The van der Waals surface area contributed by atoms with Crippen LogP contribution in [0.2, 0.25) is 0 Å². The van der Waals surface area contributed by atoms with Gasteiger partial charge in [-0.2, -0.15) is 0 Å². The van der Waals surface area contributed by atoms with Crippen molar-refractivity contribution in [3.8, 4) is 0 Å². The molecule has 1 heterocycles. The highest BCUT2D eigenvalue weighted by Crippen LogP contribution is 2.11. The predicted molar refractivity (Wildman–Crippen MR) is 87.8 cm³/mol. The molecule has 0 aliphatic carbocycles. The van der Waals surface area contributed by atoms with Gasteiger partial charge < -0.3 is 11.5 Å². The molecule has 0 fully saturated rings. The fraction of sp³-hybridized carbons (Fsp3) is 0.118. The zero-order chi connectivity index (χ0) is 15.6. The molecule has 0 aliphatic heterocycles. The Bertz CT molecular complexity index is 671. The molecule has 5 heteroatoms. The quantitative estimate of drug-likeness (QED) is 0.772. The molecule has 0 bridgehead atoms. The number of benzene rings is 2.